The van der Waals surface area contributed by atoms with Gasteiger partial charge < -0.3 is 9.47 Å². The van der Waals surface area contributed by atoms with E-state index in [4.69, 9.17) is 9.47 Å². The number of hydrogen-bond donors (Lipinski definition) is 0. The van der Waals surface area contributed by atoms with Crippen molar-refractivity contribution in [3.63, 3.8) is 0 Å². The first-order valence-electron chi connectivity index (χ1n) is 15.2. The second-order valence-corrected chi connectivity index (χ2v) is 11.9. The van der Waals surface area contributed by atoms with Crippen LogP contribution in [0, 0.1) is 0 Å². The maximum atomic E-state index is 6.57. The Balaban J connectivity index is 1.26. The largest absolute Gasteiger partial charge is 0.497 e. The predicted molar refractivity (Wildman–Crippen MR) is 184 cm³/mol. The molecular weight excluding hydrogens is 536 g/mol. The van der Waals surface area contributed by atoms with E-state index in [2.05, 4.69) is 135 Å². The fourth-order valence-electron chi connectivity index (χ4n) is 6.56. The van der Waals surface area contributed by atoms with Gasteiger partial charge in [-0.2, -0.15) is 0 Å². The van der Waals surface area contributed by atoms with Gasteiger partial charge in [-0.15, -0.1) is 0 Å². The molecule has 0 radical (unpaired) electrons. The van der Waals surface area contributed by atoms with Gasteiger partial charge in [-0.05, 0) is 109 Å². The first-order chi connectivity index (χ1) is 21.6. The molecule has 0 fully saturated rings. The van der Waals surface area contributed by atoms with Crippen LogP contribution >= 0.6 is 0 Å². The maximum absolute atomic E-state index is 6.57. The van der Waals surface area contributed by atoms with E-state index in [1.165, 1.54) is 60.5 Å². The van der Waals surface area contributed by atoms with Gasteiger partial charge in [0.15, 0.2) is 0 Å². The Morgan fingerprint density at radius 2 is 1.16 bits per heavy atom. The van der Waals surface area contributed by atoms with Crippen molar-refractivity contribution in [1.82, 2.24) is 0 Å². The van der Waals surface area contributed by atoms with Crippen molar-refractivity contribution in [2.45, 2.75) is 19.8 Å². The molecule has 7 aromatic rings. The van der Waals surface area contributed by atoms with Crippen LogP contribution in [0.15, 0.2) is 133 Å². The first-order valence-corrected chi connectivity index (χ1v) is 15.2. The molecule has 0 N–H and O–H groups in total. The molecule has 8 rings (SSSR count). The van der Waals surface area contributed by atoms with E-state index in [0.29, 0.717) is 5.92 Å². The van der Waals surface area contributed by atoms with E-state index in [1.54, 1.807) is 7.11 Å². The third kappa shape index (κ3) is 4.42. The lowest BCUT2D eigenvalue weighted by molar-refractivity contribution is 0.415. The zero-order valence-electron chi connectivity index (χ0n) is 25.1. The molecule has 0 aliphatic carbocycles. The molecule has 0 saturated heterocycles. The van der Waals surface area contributed by atoms with E-state index in [0.717, 1.165) is 28.4 Å². The van der Waals surface area contributed by atoms with Crippen LogP contribution in [-0.2, 0) is 0 Å². The highest BCUT2D eigenvalue weighted by molar-refractivity contribution is 6.16. The van der Waals surface area contributed by atoms with E-state index in [9.17, 15) is 0 Å². The molecule has 44 heavy (non-hydrogen) atoms. The van der Waals surface area contributed by atoms with Crippen LogP contribution in [-0.4, -0.2) is 7.11 Å². The molecule has 1 heterocycles. The first kappa shape index (κ1) is 26.3. The van der Waals surface area contributed by atoms with Gasteiger partial charge in [0.2, 0.25) is 0 Å². The van der Waals surface area contributed by atoms with Gasteiger partial charge in [0.05, 0.1) is 7.11 Å². The topological polar surface area (TPSA) is 18.5 Å². The van der Waals surface area contributed by atoms with Crippen LogP contribution in [0.4, 0.5) is 0 Å². The fraction of sp³-hybridized carbons (Fsp3) is 0.0952. The van der Waals surface area contributed by atoms with Crippen molar-refractivity contribution in [2.24, 2.45) is 0 Å². The summed E-state index contributed by atoms with van der Waals surface area (Å²) in [7, 11) is 1.71. The summed E-state index contributed by atoms with van der Waals surface area (Å²) in [5, 5.41) is 4.86. The lowest BCUT2D eigenvalue weighted by Gasteiger charge is -2.23. The number of methoxy groups -OCH3 is 1. The summed E-state index contributed by atoms with van der Waals surface area (Å²) in [6.07, 6.45) is 0. The van der Waals surface area contributed by atoms with E-state index < -0.39 is 0 Å². The zero-order chi connectivity index (χ0) is 29.8. The van der Waals surface area contributed by atoms with Crippen molar-refractivity contribution >= 4 is 21.5 Å². The summed E-state index contributed by atoms with van der Waals surface area (Å²) in [4.78, 5) is 0. The normalized spacial score (nSPS) is 11.9. The molecule has 212 valence electrons. The molecule has 2 nitrogen and oxygen atoms in total. The molecule has 0 saturated carbocycles. The Kier molecular flexibility index (Phi) is 6.23. The van der Waals surface area contributed by atoms with Gasteiger partial charge in [0.25, 0.3) is 0 Å². The Labute approximate surface area is 258 Å². The van der Waals surface area contributed by atoms with Crippen molar-refractivity contribution in [3.8, 4) is 61.8 Å². The SMILES string of the molecule is COc1cccc(-c2cccc(-c3cc(-c4ccc5c(c4)-c4cccc6c4c(cc4ccccc46)O5)cc(C(C)C)c3)c2)c1. The van der Waals surface area contributed by atoms with Gasteiger partial charge in [-0.1, -0.05) is 105 Å². The minimum atomic E-state index is 0.394. The second kappa shape index (κ2) is 10.4. The van der Waals surface area contributed by atoms with Gasteiger partial charge in [0.1, 0.15) is 17.2 Å². The van der Waals surface area contributed by atoms with E-state index in [1.807, 2.05) is 12.1 Å². The zero-order valence-corrected chi connectivity index (χ0v) is 25.1. The third-order valence-electron chi connectivity index (χ3n) is 8.89. The summed E-state index contributed by atoms with van der Waals surface area (Å²) in [5.74, 6) is 3.08. The van der Waals surface area contributed by atoms with E-state index >= 15 is 0 Å². The van der Waals surface area contributed by atoms with Crippen LogP contribution in [0.5, 0.6) is 17.2 Å². The highest BCUT2D eigenvalue weighted by Gasteiger charge is 2.22. The Hall–Kier alpha value is -5.34. The highest BCUT2D eigenvalue weighted by Crippen LogP contribution is 2.49. The van der Waals surface area contributed by atoms with Crippen molar-refractivity contribution in [3.05, 3.63) is 139 Å². The molecule has 0 atom stereocenters. The predicted octanol–water partition coefficient (Wildman–Crippen LogP) is 11.9. The summed E-state index contributed by atoms with van der Waals surface area (Å²) in [5.41, 5.74) is 10.8. The fourth-order valence-corrected chi connectivity index (χ4v) is 6.56. The van der Waals surface area contributed by atoms with Crippen LogP contribution < -0.4 is 9.47 Å². The molecule has 0 amide bonds. The molecule has 0 aromatic heterocycles. The van der Waals surface area contributed by atoms with Crippen LogP contribution in [0.3, 0.4) is 0 Å². The summed E-state index contributed by atoms with van der Waals surface area (Å²) in [6.45, 7) is 4.52. The number of ether oxygens (including phenoxy) is 2. The molecule has 7 aromatic carbocycles. The smallest absolute Gasteiger partial charge is 0.136 e. The van der Waals surface area contributed by atoms with Crippen LogP contribution in [0.2, 0.25) is 0 Å². The van der Waals surface area contributed by atoms with Crippen molar-refractivity contribution < 1.29 is 9.47 Å². The summed E-state index contributed by atoms with van der Waals surface area (Å²) in [6, 6.07) is 48.0. The number of benzene rings is 7. The standard InChI is InChI=1S/C42H32O2/c1-26(2)32-20-33(28-11-6-10-27(19-28)29-12-7-13-35(23-29)43-3)22-34(21-32)30-17-18-40-39(24-30)38-16-8-15-37-36-14-5-4-9-31(36)25-41(44-40)42(37)38/h4-26H,1-3H3. The molecule has 1 aliphatic rings. The molecule has 0 unspecified atom stereocenters. The average molecular weight is 569 g/mol. The number of rotatable bonds is 5. The lowest BCUT2D eigenvalue weighted by Crippen LogP contribution is -1.98. The van der Waals surface area contributed by atoms with Gasteiger partial charge in [-0.25, -0.2) is 0 Å². The third-order valence-corrected chi connectivity index (χ3v) is 8.89. The van der Waals surface area contributed by atoms with Gasteiger partial charge in [0, 0.05) is 10.9 Å². The molecule has 2 heteroatoms. The van der Waals surface area contributed by atoms with E-state index in [-0.39, 0.29) is 0 Å². The van der Waals surface area contributed by atoms with Crippen molar-refractivity contribution in [1.29, 1.82) is 0 Å². The minimum absolute atomic E-state index is 0.394. The van der Waals surface area contributed by atoms with Crippen LogP contribution in [0.1, 0.15) is 25.3 Å². The Morgan fingerprint density at radius 1 is 0.500 bits per heavy atom. The van der Waals surface area contributed by atoms with Crippen molar-refractivity contribution in [2.75, 3.05) is 7.11 Å². The maximum Gasteiger partial charge on any atom is 0.136 e. The summed E-state index contributed by atoms with van der Waals surface area (Å²) >= 11 is 0. The molecule has 0 bridgehead atoms. The average Bonchev–Trinajstić information content (AvgIpc) is 3.08. The molecule has 0 spiro atoms. The van der Waals surface area contributed by atoms with Crippen LogP contribution in [0.25, 0.3) is 66.1 Å². The van der Waals surface area contributed by atoms with Gasteiger partial charge in [-0.3, -0.25) is 0 Å². The highest BCUT2D eigenvalue weighted by atomic mass is 16.5. The Bertz CT molecular complexity index is 2220. The monoisotopic (exact) mass is 568 g/mol. The second-order valence-electron chi connectivity index (χ2n) is 11.9. The van der Waals surface area contributed by atoms with Gasteiger partial charge >= 0.3 is 0 Å². The lowest BCUT2D eigenvalue weighted by atomic mass is 9.88. The molecular formula is C42H32O2. The minimum Gasteiger partial charge on any atom is -0.497 e. The Morgan fingerprint density at radius 3 is 1.95 bits per heavy atom. The number of fused-ring (bicyclic) bond motifs is 4. The summed E-state index contributed by atoms with van der Waals surface area (Å²) < 4.78 is 12.1. The molecule has 1 aliphatic heterocycles. The number of hydrogen-bond acceptors (Lipinski definition) is 2. The quantitative estimate of drug-likeness (QED) is 0.192.